The molecule has 0 saturated carbocycles. The van der Waals surface area contributed by atoms with E-state index in [1.807, 2.05) is 0 Å². The van der Waals surface area contributed by atoms with Crippen LogP contribution in [0.15, 0.2) is 84.9 Å². The van der Waals surface area contributed by atoms with Crippen molar-refractivity contribution in [1.82, 2.24) is 0 Å². The van der Waals surface area contributed by atoms with Gasteiger partial charge in [-0.1, -0.05) is 137 Å². The molecule has 0 radical (unpaired) electrons. The molecule has 0 bridgehead atoms. The van der Waals surface area contributed by atoms with Gasteiger partial charge in [0.1, 0.15) is 0 Å². The summed E-state index contributed by atoms with van der Waals surface area (Å²) in [6, 6.07) is 31.1. The van der Waals surface area contributed by atoms with E-state index in [9.17, 15) is 0 Å². The van der Waals surface area contributed by atoms with Gasteiger partial charge >= 0.3 is 0 Å². The highest BCUT2D eigenvalue weighted by Gasteiger charge is 2.23. The van der Waals surface area contributed by atoms with E-state index in [2.05, 4.69) is 113 Å². The number of rotatable bonds is 6. The van der Waals surface area contributed by atoms with E-state index >= 15 is 0 Å². The molecule has 0 aromatic heterocycles. The smallest absolute Gasteiger partial charge is 0.0701 e. The van der Waals surface area contributed by atoms with Crippen molar-refractivity contribution in [3.8, 4) is 0 Å². The lowest BCUT2D eigenvalue weighted by atomic mass is 9.37. The summed E-state index contributed by atoms with van der Waals surface area (Å²) >= 11 is 0. The molecule has 0 spiro atoms. The van der Waals surface area contributed by atoms with Gasteiger partial charge in [-0.15, -0.1) is 0 Å². The molecule has 0 saturated heterocycles. The summed E-state index contributed by atoms with van der Waals surface area (Å²) < 4.78 is 0. The van der Waals surface area contributed by atoms with Gasteiger partial charge in [0.2, 0.25) is 6.71 Å². The second kappa shape index (κ2) is 8.69. The van der Waals surface area contributed by atoms with Crippen molar-refractivity contribution in [3.63, 3.8) is 0 Å². The van der Waals surface area contributed by atoms with Crippen LogP contribution in [0.1, 0.15) is 27.7 Å². The monoisotopic (exact) mass is 358 g/mol. The van der Waals surface area contributed by atoms with Gasteiger partial charge < -0.3 is 0 Å². The molecular formula is C24H28BP. The molecule has 0 aliphatic rings. The van der Waals surface area contributed by atoms with Crippen molar-refractivity contribution in [2.75, 3.05) is 0 Å². The first-order valence-corrected chi connectivity index (χ1v) is 11.0. The molecule has 0 amide bonds. The van der Waals surface area contributed by atoms with E-state index in [1.165, 1.54) is 21.7 Å². The maximum absolute atomic E-state index is 2.37. The largest absolute Gasteiger partial charge is 0.241 e. The second-order valence-corrected chi connectivity index (χ2v) is 10.8. The van der Waals surface area contributed by atoms with Crippen molar-refractivity contribution in [2.24, 2.45) is 0 Å². The van der Waals surface area contributed by atoms with Crippen LogP contribution in [0, 0.1) is 0 Å². The van der Waals surface area contributed by atoms with E-state index in [-0.39, 0.29) is 14.6 Å². The van der Waals surface area contributed by atoms with Gasteiger partial charge in [0.05, 0.1) is 0 Å². The SMILES string of the molecule is CC(C)P(c1ccc(B(c2ccccc2)c2ccccc2)cc1)C(C)C. The molecule has 0 heterocycles. The Balaban J connectivity index is 2.00. The third-order valence-corrected chi connectivity index (χ3v) is 8.02. The molecular weight excluding hydrogens is 330 g/mol. The highest BCUT2D eigenvalue weighted by atomic mass is 31.1. The molecule has 0 aliphatic heterocycles. The van der Waals surface area contributed by atoms with Crippen molar-refractivity contribution in [2.45, 2.75) is 39.0 Å². The van der Waals surface area contributed by atoms with E-state index in [0.29, 0.717) is 0 Å². The first kappa shape index (κ1) is 18.9. The Morgan fingerprint density at radius 3 is 1.31 bits per heavy atom. The minimum Gasteiger partial charge on any atom is -0.0701 e. The van der Waals surface area contributed by atoms with Gasteiger partial charge in [-0.25, -0.2) is 0 Å². The fourth-order valence-corrected chi connectivity index (χ4v) is 6.78. The topological polar surface area (TPSA) is 0 Å². The summed E-state index contributed by atoms with van der Waals surface area (Å²) in [6.45, 7) is 9.72. The lowest BCUT2D eigenvalue weighted by Crippen LogP contribution is -2.52. The standard InChI is InChI=1S/C24H28BP/c1-19(2)26(20(3)4)24-17-15-23(16-18-24)25(21-11-7-5-8-12-21)22-13-9-6-10-14-22/h5-20H,1-4H3. The molecule has 2 heteroatoms. The number of hydrogen-bond donors (Lipinski definition) is 0. The van der Waals surface area contributed by atoms with Crippen molar-refractivity contribution in [1.29, 1.82) is 0 Å². The lowest BCUT2D eigenvalue weighted by Gasteiger charge is -2.26. The van der Waals surface area contributed by atoms with Crippen LogP contribution in [-0.4, -0.2) is 18.0 Å². The summed E-state index contributed by atoms with van der Waals surface area (Å²) in [5.74, 6) is 0. The Morgan fingerprint density at radius 1 is 0.538 bits per heavy atom. The predicted octanol–water partition coefficient (Wildman–Crippen LogP) is 4.13. The normalized spacial score (nSPS) is 11.3. The summed E-state index contributed by atoms with van der Waals surface area (Å²) in [5, 5.41) is 1.52. The van der Waals surface area contributed by atoms with Crippen molar-refractivity contribution >= 4 is 36.3 Å². The van der Waals surface area contributed by atoms with Gasteiger partial charge in [-0.05, 0) is 16.6 Å². The average Bonchev–Trinajstić information content (AvgIpc) is 2.64. The second-order valence-electron chi connectivity index (χ2n) is 7.44. The van der Waals surface area contributed by atoms with Crippen LogP contribution < -0.4 is 21.7 Å². The first-order valence-electron chi connectivity index (χ1n) is 9.56. The van der Waals surface area contributed by atoms with Crippen molar-refractivity contribution in [3.05, 3.63) is 84.9 Å². The fraction of sp³-hybridized carbons (Fsp3) is 0.250. The molecule has 3 aromatic carbocycles. The van der Waals surface area contributed by atoms with E-state index in [1.54, 1.807) is 0 Å². The maximum Gasteiger partial charge on any atom is 0.241 e. The fourth-order valence-electron chi connectivity index (χ4n) is 3.90. The zero-order valence-corrected chi connectivity index (χ0v) is 17.2. The summed E-state index contributed by atoms with van der Waals surface area (Å²) in [7, 11) is -0.114. The molecule has 3 rings (SSSR count). The van der Waals surface area contributed by atoms with Crippen LogP contribution in [0.3, 0.4) is 0 Å². The Bertz CT molecular complexity index is 747. The molecule has 0 aliphatic carbocycles. The molecule has 0 fully saturated rings. The summed E-state index contributed by atoms with van der Waals surface area (Å²) in [5.41, 5.74) is 5.50. The number of hydrogen-bond acceptors (Lipinski definition) is 0. The van der Waals surface area contributed by atoms with E-state index in [0.717, 1.165) is 11.3 Å². The Morgan fingerprint density at radius 2 is 0.923 bits per heavy atom. The lowest BCUT2D eigenvalue weighted by molar-refractivity contribution is 1.02. The zero-order valence-electron chi connectivity index (χ0n) is 16.3. The molecule has 132 valence electrons. The average molecular weight is 358 g/mol. The van der Waals surface area contributed by atoms with Crippen molar-refractivity contribution < 1.29 is 0 Å². The zero-order chi connectivity index (χ0) is 18.5. The summed E-state index contributed by atoms with van der Waals surface area (Å²) in [6.07, 6.45) is 0. The highest BCUT2D eigenvalue weighted by Crippen LogP contribution is 2.44. The van der Waals surface area contributed by atoms with Gasteiger partial charge in [0.25, 0.3) is 0 Å². The van der Waals surface area contributed by atoms with Crippen LogP contribution in [0.2, 0.25) is 0 Å². The molecule has 3 aromatic rings. The van der Waals surface area contributed by atoms with Crippen LogP contribution >= 0.6 is 7.92 Å². The molecule has 0 unspecified atom stereocenters. The Labute approximate surface area is 160 Å². The third kappa shape index (κ3) is 4.28. The van der Waals surface area contributed by atoms with Gasteiger partial charge in [0, 0.05) is 0 Å². The Kier molecular flexibility index (Phi) is 6.33. The van der Waals surface area contributed by atoms with Crippen LogP contribution in [-0.2, 0) is 0 Å². The first-order chi connectivity index (χ1) is 12.6. The van der Waals surface area contributed by atoms with Gasteiger partial charge in [-0.2, -0.15) is 0 Å². The van der Waals surface area contributed by atoms with E-state index in [4.69, 9.17) is 0 Å². The Hall–Kier alpha value is -1.85. The van der Waals surface area contributed by atoms with E-state index < -0.39 is 0 Å². The minimum atomic E-state index is -0.114. The number of benzene rings is 3. The highest BCUT2D eigenvalue weighted by molar-refractivity contribution is 7.66. The van der Waals surface area contributed by atoms with Crippen LogP contribution in [0.4, 0.5) is 0 Å². The summed E-state index contributed by atoms with van der Waals surface area (Å²) in [4.78, 5) is 0. The predicted molar refractivity (Wildman–Crippen MR) is 121 cm³/mol. The maximum atomic E-state index is 2.37. The van der Waals surface area contributed by atoms with Gasteiger partial charge in [-0.3, -0.25) is 0 Å². The quantitative estimate of drug-likeness (QED) is 0.459. The van der Waals surface area contributed by atoms with Crippen LogP contribution in [0.25, 0.3) is 0 Å². The third-order valence-electron chi connectivity index (χ3n) is 4.90. The van der Waals surface area contributed by atoms with Gasteiger partial charge in [0.15, 0.2) is 0 Å². The molecule has 0 atom stereocenters. The van der Waals surface area contributed by atoms with Crippen LogP contribution in [0.5, 0.6) is 0 Å². The molecule has 26 heavy (non-hydrogen) atoms. The minimum absolute atomic E-state index is 0.114. The molecule has 0 N–H and O–H groups in total. The molecule has 0 nitrogen and oxygen atoms in total.